The first kappa shape index (κ1) is 23.1. The summed E-state index contributed by atoms with van der Waals surface area (Å²) in [6, 6.07) is 10.0. The summed E-state index contributed by atoms with van der Waals surface area (Å²) in [5.41, 5.74) is 3.31. The number of nitrogens with zero attached hydrogens (tertiary/aromatic N) is 5. The third-order valence-corrected chi connectivity index (χ3v) is 6.25. The molecule has 184 valence electrons. The van der Waals surface area contributed by atoms with Crippen LogP contribution in [-0.4, -0.2) is 51.1 Å². The van der Waals surface area contributed by atoms with Gasteiger partial charge in [-0.1, -0.05) is 12.1 Å². The Kier molecular flexibility index (Phi) is 7.06. The number of aromatic nitrogens is 5. The van der Waals surface area contributed by atoms with E-state index in [4.69, 9.17) is 19.2 Å². The molecule has 1 N–H and O–H groups in total. The van der Waals surface area contributed by atoms with Gasteiger partial charge in [-0.25, -0.2) is 4.98 Å². The molecule has 0 saturated heterocycles. The molecule has 2 aliphatic rings. The van der Waals surface area contributed by atoms with Crippen LogP contribution in [0.25, 0.3) is 0 Å². The number of esters is 1. The first-order valence-corrected chi connectivity index (χ1v) is 12.2. The number of anilines is 1. The minimum atomic E-state index is -0.262. The lowest BCUT2D eigenvalue weighted by Crippen LogP contribution is -2.17. The first-order chi connectivity index (χ1) is 17.2. The van der Waals surface area contributed by atoms with E-state index in [0.717, 1.165) is 49.3 Å². The summed E-state index contributed by atoms with van der Waals surface area (Å²) < 4.78 is 16.1. The topological polar surface area (TPSA) is 113 Å². The number of benzene rings is 1. The van der Waals surface area contributed by atoms with Crippen LogP contribution in [0.5, 0.6) is 11.5 Å². The zero-order valence-corrected chi connectivity index (χ0v) is 19.9. The van der Waals surface area contributed by atoms with Crippen LogP contribution >= 0.6 is 0 Å². The van der Waals surface area contributed by atoms with Crippen LogP contribution < -0.4 is 14.8 Å². The fourth-order valence-corrected chi connectivity index (χ4v) is 4.46. The number of carbonyl (C=O) groups excluding carboxylic acids is 1. The third kappa shape index (κ3) is 5.70. The van der Waals surface area contributed by atoms with Crippen LogP contribution in [0.4, 0.5) is 5.82 Å². The van der Waals surface area contributed by atoms with Crippen molar-refractivity contribution in [3.63, 3.8) is 0 Å². The van der Waals surface area contributed by atoms with Gasteiger partial charge in [-0.2, -0.15) is 4.80 Å². The quantitative estimate of drug-likeness (QED) is 0.439. The van der Waals surface area contributed by atoms with Crippen molar-refractivity contribution in [3.05, 3.63) is 53.0 Å². The van der Waals surface area contributed by atoms with Gasteiger partial charge in [0.2, 0.25) is 6.79 Å². The Balaban J connectivity index is 1.21. The van der Waals surface area contributed by atoms with Crippen LogP contribution in [-0.2, 0) is 35.3 Å². The van der Waals surface area contributed by atoms with Gasteiger partial charge < -0.3 is 19.5 Å². The summed E-state index contributed by atoms with van der Waals surface area (Å²) in [6.07, 6.45) is 4.90. The SMILES string of the molecule is CCOC(=O)CC(Cn1nnc(CCCc2ccc3c(n2)NCCC3)n1)c1ccc2c(c1)OCO2. The summed E-state index contributed by atoms with van der Waals surface area (Å²) >= 11 is 0. The van der Waals surface area contributed by atoms with Gasteiger partial charge in [0, 0.05) is 24.6 Å². The summed E-state index contributed by atoms with van der Waals surface area (Å²) in [7, 11) is 0. The molecule has 0 saturated carbocycles. The highest BCUT2D eigenvalue weighted by Crippen LogP contribution is 2.36. The van der Waals surface area contributed by atoms with Crippen molar-refractivity contribution in [3.8, 4) is 11.5 Å². The van der Waals surface area contributed by atoms with Gasteiger partial charge >= 0.3 is 5.97 Å². The number of pyridine rings is 1. The molecule has 0 spiro atoms. The maximum absolute atomic E-state index is 12.3. The molecule has 5 rings (SSSR count). The monoisotopic (exact) mass is 478 g/mol. The fraction of sp³-hybridized carbons (Fsp3) is 0.480. The molecule has 0 aliphatic carbocycles. The van der Waals surface area contributed by atoms with E-state index in [1.165, 1.54) is 5.56 Å². The summed E-state index contributed by atoms with van der Waals surface area (Å²) in [5.74, 6) is 2.64. The predicted molar refractivity (Wildman–Crippen MR) is 127 cm³/mol. The minimum absolute atomic E-state index is 0.183. The minimum Gasteiger partial charge on any atom is -0.466 e. The third-order valence-electron chi connectivity index (χ3n) is 6.25. The highest BCUT2D eigenvalue weighted by Gasteiger charge is 2.23. The second-order valence-corrected chi connectivity index (χ2v) is 8.77. The van der Waals surface area contributed by atoms with Crippen LogP contribution in [0, 0.1) is 0 Å². The largest absolute Gasteiger partial charge is 0.466 e. The molecule has 1 atom stereocenters. The van der Waals surface area contributed by atoms with E-state index in [1.54, 1.807) is 11.7 Å². The van der Waals surface area contributed by atoms with Gasteiger partial charge in [-0.3, -0.25) is 4.79 Å². The molecule has 0 amide bonds. The normalized spacial score (nSPS) is 14.8. The average molecular weight is 479 g/mol. The summed E-state index contributed by atoms with van der Waals surface area (Å²) in [6.45, 7) is 3.73. The summed E-state index contributed by atoms with van der Waals surface area (Å²) in [4.78, 5) is 18.6. The zero-order valence-electron chi connectivity index (χ0n) is 19.9. The van der Waals surface area contributed by atoms with Crippen molar-refractivity contribution in [1.29, 1.82) is 0 Å². The maximum atomic E-state index is 12.3. The summed E-state index contributed by atoms with van der Waals surface area (Å²) in [5, 5.41) is 16.4. The van der Waals surface area contributed by atoms with Crippen molar-refractivity contribution >= 4 is 11.8 Å². The second kappa shape index (κ2) is 10.7. The fourth-order valence-electron chi connectivity index (χ4n) is 4.46. The molecule has 4 heterocycles. The van der Waals surface area contributed by atoms with Gasteiger partial charge in [0.05, 0.1) is 19.6 Å². The van der Waals surface area contributed by atoms with E-state index < -0.39 is 0 Å². The number of tetrazole rings is 1. The molecule has 3 aromatic rings. The smallest absolute Gasteiger partial charge is 0.306 e. The lowest BCUT2D eigenvalue weighted by atomic mass is 9.95. The van der Waals surface area contributed by atoms with Gasteiger partial charge in [0.1, 0.15) is 5.82 Å². The first-order valence-electron chi connectivity index (χ1n) is 12.2. The van der Waals surface area contributed by atoms with Gasteiger partial charge in [0.25, 0.3) is 0 Å². The number of rotatable bonds is 10. The molecule has 1 aromatic carbocycles. The van der Waals surface area contributed by atoms with E-state index >= 15 is 0 Å². The molecule has 35 heavy (non-hydrogen) atoms. The molecule has 2 aromatic heterocycles. The average Bonchev–Trinajstić information content (AvgIpc) is 3.52. The van der Waals surface area contributed by atoms with Crippen molar-refractivity contribution in [2.24, 2.45) is 0 Å². The van der Waals surface area contributed by atoms with Crippen LogP contribution in [0.15, 0.2) is 30.3 Å². The molecule has 2 aliphatic heterocycles. The molecule has 0 fully saturated rings. The number of carbonyl (C=O) groups is 1. The highest BCUT2D eigenvalue weighted by molar-refractivity contribution is 5.70. The second-order valence-electron chi connectivity index (χ2n) is 8.77. The Bertz CT molecular complexity index is 1180. The Morgan fingerprint density at radius 1 is 1.20 bits per heavy atom. The van der Waals surface area contributed by atoms with Gasteiger partial charge in [0.15, 0.2) is 17.3 Å². The van der Waals surface area contributed by atoms with Crippen LogP contribution in [0.1, 0.15) is 54.7 Å². The zero-order chi connectivity index (χ0) is 24.0. The molecule has 10 heteroatoms. The van der Waals surface area contributed by atoms with E-state index in [1.807, 2.05) is 18.2 Å². The van der Waals surface area contributed by atoms with Crippen molar-refractivity contribution in [1.82, 2.24) is 25.2 Å². The van der Waals surface area contributed by atoms with E-state index in [2.05, 4.69) is 32.9 Å². The van der Waals surface area contributed by atoms with Crippen molar-refractivity contribution < 1.29 is 19.0 Å². The van der Waals surface area contributed by atoms with Gasteiger partial charge in [-0.05, 0) is 67.1 Å². The Morgan fingerprint density at radius 3 is 3.03 bits per heavy atom. The standard InChI is InChI=1S/C25H30N6O4/c1-2-33-24(32)14-19(18-9-11-21-22(13-18)35-16-34-21)15-31-29-23(28-30-31)7-3-6-20-10-8-17-5-4-12-26-25(17)27-20/h8-11,13,19H,2-7,12,14-16H2,1H3,(H,26,27). The number of fused-ring (bicyclic) bond motifs is 2. The Morgan fingerprint density at radius 2 is 2.11 bits per heavy atom. The van der Waals surface area contributed by atoms with Gasteiger partial charge in [-0.15, -0.1) is 10.2 Å². The number of hydrogen-bond donors (Lipinski definition) is 1. The lowest BCUT2D eigenvalue weighted by Gasteiger charge is -2.17. The maximum Gasteiger partial charge on any atom is 0.306 e. The lowest BCUT2D eigenvalue weighted by molar-refractivity contribution is -0.143. The molecule has 1 unspecified atom stereocenters. The van der Waals surface area contributed by atoms with E-state index in [0.29, 0.717) is 36.9 Å². The number of ether oxygens (including phenoxy) is 3. The molecular weight excluding hydrogens is 448 g/mol. The molecule has 0 radical (unpaired) electrons. The predicted octanol–water partition coefficient (Wildman–Crippen LogP) is 3.07. The molecule has 0 bridgehead atoms. The van der Waals surface area contributed by atoms with E-state index in [9.17, 15) is 4.79 Å². The van der Waals surface area contributed by atoms with E-state index in [-0.39, 0.29) is 25.1 Å². The Labute approximate surface area is 204 Å². The number of aryl methyl sites for hydroxylation is 3. The number of hydrogen-bond acceptors (Lipinski definition) is 9. The highest BCUT2D eigenvalue weighted by atomic mass is 16.7. The molecular formula is C25H30N6O4. The Hall–Kier alpha value is -3.69. The van der Waals surface area contributed by atoms with Crippen molar-refractivity contribution in [2.45, 2.75) is 57.9 Å². The molecule has 10 nitrogen and oxygen atoms in total. The van der Waals surface area contributed by atoms with Crippen LogP contribution in [0.2, 0.25) is 0 Å². The van der Waals surface area contributed by atoms with Crippen molar-refractivity contribution in [2.75, 3.05) is 25.3 Å². The number of nitrogens with one attached hydrogen (secondary N) is 1. The van der Waals surface area contributed by atoms with Crippen LogP contribution in [0.3, 0.4) is 0 Å².